The molecule has 4 aliphatic rings. The molecule has 2 heterocycles. The predicted molar refractivity (Wildman–Crippen MR) is 43.7 cm³/mol. The summed E-state index contributed by atoms with van der Waals surface area (Å²) in [5.74, 6) is 0.376. The monoisotopic (exact) mass is 177 g/mol. The highest BCUT2D eigenvalue weighted by atomic mass is 16.5. The number of rotatable bonds is 0. The zero-order valence-corrected chi connectivity index (χ0v) is 7.54. The standard InChI is InChI=1S/C10H11NO2/c1-9-2-6-3-10(4-9,5-11)8(12)7(6)13-9/h6-7H,2-4H2,1H3. The van der Waals surface area contributed by atoms with Crippen molar-refractivity contribution in [2.24, 2.45) is 11.3 Å². The van der Waals surface area contributed by atoms with Gasteiger partial charge in [-0.05, 0) is 25.7 Å². The molecule has 4 atom stereocenters. The van der Waals surface area contributed by atoms with Gasteiger partial charge in [0.25, 0.3) is 0 Å². The molecule has 0 aromatic rings. The first kappa shape index (κ1) is 7.52. The van der Waals surface area contributed by atoms with Gasteiger partial charge in [0.05, 0.1) is 11.7 Å². The Kier molecular flexibility index (Phi) is 1.04. The summed E-state index contributed by atoms with van der Waals surface area (Å²) in [5, 5.41) is 9.06. The molecule has 3 nitrogen and oxygen atoms in total. The minimum atomic E-state index is -0.680. The van der Waals surface area contributed by atoms with E-state index in [0.29, 0.717) is 12.3 Å². The van der Waals surface area contributed by atoms with Crippen molar-refractivity contribution >= 4 is 5.78 Å². The van der Waals surface area contributed by atoms with Gasteiger partial charge in [0.15, 0.2) is 5.78 Å². The van der Waals surface area contributed by atoms with Crippen LogP contribution in [0.25, 0.3) is 0 Å². The maximum absolute atomic E-state index is 11.8. The predicted octanol–water partition coefficient (Wildman–Crippen LogP) is 1.04. The van der Waals surface area contributed by atoms with Crippen molar-refractivity contribution in [2.75, 3.05) is 0 Å². The van der Waals surface area contributed by atoms with Crippen LogP contribution < -0.4 is 0 Å². The van der Waals surface area contributed by atoms with Crippen molar-refractivity contribution in [1.82, 2.24) is 0 Å². The van der Waals surface area contributed by atoms with Gasteiger partial charge in [0, 0.05) is 6.42 Å². The highest BCUT2D eigenvalue weighted by molar-refractivity contribution is 5.95. The number of hydrogen-bond donors (Lipinski definition) is 0. The molecule has 2 saturated heterocycles. The lowest BCUT2D eigenvalue weighted by atomic mass is 9.70. The van der Waals surface area contributed by atoms with Gasteiger partial charge in [-0.3, -0.25) is 4.79 Å². The summed E-state index contributed by atoms with van der Waals surface area (Å²) < 4.78 is 5.68. The largest absolute Gasteiger partial charge is 0.364 e. The highest BCUT2D eigenvalue weighted by Crippen LogP contribution is 2.60. The molecule has 2 aliphatic heterocycles. The van der Waals surface area contributed by atoms with Crippen LogP contribution in [0.1, 0.15) is 26.2 Å². The van der Waals surface area contributed by atoms with Gasteiger partial charge in [-0.2, -0.15) is 5.26 Å². The quantitative estimate of drug-likeness (QED) is 0.555. The summed E-state index contributed by atoms with van der Waals surface area (Å²) in [7, 11) is 0. The molecule has 0 radical (unpaired) electrons. The first-order valence-electron chi connectivity index (χ1n) is 4.72. The molecule has 2 aliphatic carbocycles. The molecule has 0 aromatic carbocycles. The Labute approximate surface area is 76.7 Å². The summed E-state index contributed by atoms with van der Waals surface area (Å²) in [5.41, 5.74) is -0.863. The van der Waals surface area contributed by atoms with E-state index >= 15 is 0 Å². The fraction of sp³-hybridized carbons (Fsp3) is 0.800. The lowest BCUT2D eigenvalue weighted by Crippen LogP contribution is -2.45. The molecule has 4 unspecified atom stereocenters. The third kappa shape index (κ3) is 0.671. The molecule has 13 heavy (non-hydrogen) atoms. The maximum atomic E-state index is 11.8. The fourth-order valence-electron chi connectivity index (χ4n) is 3.43. The van der Waals surface area contributed by atoms with Gasteiger partial charge in [-0.1, -0.05) is 0 Å². The van der Waals surface area contributed by atoms with Crippen molar-refractivity contribution in [1.29, 1.82) is 5.26 Å². The average Bonchev–Trinajstić information content (AvgIpc) is 2.42. The van der Waals surface area contributed by atoms with E-state index in [1.807, 2.05) is 6.92 Å². The number of nitrogens with zero attached hydrogens (tertiary/aromatic N) is 1. The van der Waals surface area contributed by atoms with E-state index in [4.69, 9.17) is 10.00 Å². The second-order valence-electron chi connectivity index (χ2n) is 4.89. The van der Waals surface area contributed by atoms with E-state index in [0.717, 1.165) is 12.8 Å². The molecule has 4 bridgehead atoms. The van der Waals surface area contributed by atoms with E-state index in [1.54, 1.807) is 0 Å². The molecule has 4 fully saturated rings. The number of ketones is 1. The van der Waals surface area contributed by atoms with E-state index in [1.165, 1.54) is 0 Å². The molecule has 2 saturated carbocycles. The number of carbonyl (C=O) groups excluding carboxylic acids is 1. The molecule has 0 amide bonds. The van der Waals surface area contributed by atoms with Gasteiger partial charge >= 0.3 is 0 Å². The molecule has 0 aromatic heterocycles. The van der Waals surface area contributed by atoms with Crippen LogP contribution in [-0.2, 0) is 9.53 Å². The highest BCUT2D eigenvalue weighted by Gasteiger charge is 2.67. The maximum Gasteiger partial charge on any atom is 0.182 e. The Bertz CT molecular complexity index is 345. The van der Waals surface area contributed by atoms with Crippen molar-refractivity contribution in [2.45, 2.75) is 37.9 Å². The van der Waals surface area contributed by atoms with Crippen LogP contribution in [-0.4, -0.2) is 17.5 Å². The molecule has 68 valence electrons. The van der Waals surface area contributed by atoms with Crippen LogP contribution in [0.15, 0.2) is 0 Å². The molecular weight excluding hydrogens is 166 g/mol. The summed E-state index contributed by atoms with van der Waals surface area (Å²) in [6.07, 6.45) is 2.07. The molecule has 0 spiro atoms. The lowest BCUT2D eigenvalue weighted by molar-refractivity contribution is -0.152. The summed E-state index contributed by atoms with van der Waals surface area (Å²) in [6.45, 7) is 2.03. The average molecular weight is 177 g/mol. The van der Waals surface area contributed by atoms with E-state index in [9.17, 15) is 4.79 Å². The van der Waals surface area contributed by atoms with Gasteiger partial charge in [0.2, 0.25) is 0 Å². The van der Waals surface area contributed by atoms with Crippen molar-refractivity contribution in [3.8, 4) is 6.07 Å². The van der Waals surface area contributed by atoms with Gasteiger partial charge < -0.3 is 4.74 Å². The van der Waals surface area contributed by atoms with Crippen molar-refractivity contribution in [3.63, 3.8) is 0 Å². The Balaban J connectivity index is 2.13. The molecular formula is C10H11NO2. The Morgan fingerprint density at radius 3 is 3.00 bits per heavy atom. The zero-order valence-electron chi connectivity index (χ0n) is 7.54. The number of carbonyl (C=O) groups is 1. The smallest absolute Gasteiger partial charge is 0.182 e. The topological polar surface area (TPSA) is 50.1 Å². The third-order valence-corrected chi connectivity index (χ3v) is 3.76. The lowest BCUT2D eigenvalue weighted by Gasteiger charge is -2.38. The Morgan fingerprint density at radius 2 is 2.38 bits per heavy atom. The normalized spacial score (nSPS) is 57.1. The van der Waals surface area contributed by atoms with Gasteiger partial charge in [0.1, 0.15) is 11.5 Å². The number of nitriles is 1. The van der Waals surface area contributed by atoms with Crippen LogP contribution in [0.5, 0.6) is 0 Å². The van der Waals surface area contributed by atoms with Gasteiger partial charge in [-0.15, -0.1) is 0 Å². The minimum absolute atomic E-state index is 0.0509. The summed E-state index contributed by atoms with van der Waals surface area (Å²) >= 11 is 0. The van der Waals surface area contributed by atoms with Crippen LogP contribution in [0.4, 0.5) is 0 Å². The molecule has 3 heteroatoms. The summed E-state index contributed by atoms with van der Waals surface area (Å²) in [6, 6.07) is 2.22. The van der Waals surface area contributed by atoms with Crippen molar-refractivity contribution in [3.05, 3.63) is 0 Å². The first-order chi connectivity index (χ1) is 6.09. The zero-order chi connectivity index (χ0) is 9.27. The summed E-state index contributed by atoms with van der Waals surface area (Å²) in [4.78, 5) is 11.8. The third-order valence-electron chi connectivity index (χ3n) is 3.76. The van der Waals surface area contributed by atoms with Crippen LogP contribution >= 0.6 is 0 Å². The Morgan fingerprint density at radius 1 is 1.62 bits per heavy atom. The van der Waals surface area contributed by atoms with Gasteiger partial charge in [-0.25, -0.2) is 0 Å². The van der Waals surface area contributed by atoms with E-state index < -0.39 is 5.41 Å². The minimum Gasteiger partial charge on any atom is -0.364 e. The fourth-order valence-corrected chi connectivity index (χ4v) is 3.43. The van der Waals surface area contributed by atoms with E-state index in [2.05, 4.69) is 6.07 Å². The van der Waals surface area contributed by atoms with Crippen LogP contribution in [0.2, 0.25) is 0 Å². The van der Waals surface area contributed by atoms with Crippen molar-refractivity contribution < 1.29 is 9.53 Å². The van der Waals surface area contributed by atoms with E-state index in [-0.39, 0.29) is 17.5 Å². The first-order valence-corrected chi connectivity index (χ1v) is 4.72. The Hall–Kier alpha value is -0.880. The number of ether oxygens (including phenoxy) is 1. The number of Topliss-reactive ketones (excluding diaryl/α,β-unsaturated/α-hetero) is 1. The molecule has 4 rings (SSSR count). The second kappa shape index (κ2) is 1.80. The van der Waals surface area contributed by atoms with Crippen LogP contribution in [0.3, 0.4) is 0 Å². The SMILES string of the molecule is CC12CC3CC(C#N)(C1)C(=O)C3O2. The van der Waals surface area contributed by atoms with Crippen LogP contribution in [0, 0.1) is 22.7 Å². The number of hydrogen-bond acceptors (Lipinski definition) is 3. The molecule has 0 N–H and O–H groups in total. The second-order valence-corrected chi connectivity index (χ2v) is 4.89.